The number of rotatable bonds is 4. The van der Waals surface area contributed by atoms with Crippen LogP contribution in [0.15, 0.2) is 0 Å². The van der Waals surface area contributed by atoms with Crippen LogP contribution >= 0.6 is 0 Å². The smallest absolute Gasteiger partial charge is 0.303 e. The molecule has 1 saturated carbocycles. The molecule has 4 bridgehead atoms. The van der Waals surface area contributed by atoms with E-state index in [-0.39, 0.29) is 35.7 Å². The van der Waals surface area contributed by atoms with Crippen LogP contribution in [0.2, 0.25) is 0 Å². The number of hydrogen-bond acceptors (Lipinski definition) is 9. The monoisotopic (exact) mass is 496 g/mol. The van der Waals surface area contributed by atoms with Crippen LogP contribution in [-0.4, -0.2) is 64.4 Å². The number of carbonyl (C=O) groups is 3. The third kappa shape index (κ3) is 4.17. The highest BCUT2D eigenvalue weighted by molar-refractivity contribution is 5.69. The molecule has 2 unspecified atom stereocenters. The summed E-state index contributed by atoms with van der Waals surface area (Å²) in [6.45, 7) is 13.7. The Hall–Kier alpha value is -1.71. The summed E-state index contributed by atoms with van der Waals surface area (Å²) >= 11 is 0. The van der Waals surface area contributed by atoms with Crippen molar-refractivity contribution in [3.8, 4) is 0 Å². The highest BCUT2D eigenvalue weighted by Crippen LogP contribution is 2.62. The first-order chi connectivity index (χ1) is 16.1. The number of fused-ring (bicyclic) bond motifs is 8. The van der Waals surface area contributed by atoms with Gasteiger partial charge in [-0.15, -0.1) is 0 Å². The highest BCUT2D eigenvalue weighted by atomic mass is 16.7. The molecule has 0 spiro atoms. The first-order valence-corrected chi connectivity index (χ1v) is 12.7. The summed E-state index contributed by atoms with van der Waals surface area (Å²) in [5, 5.41) is 11.3. The fourth-order valence-corrected chi connectivity index (χ4v) is 7.65. The maximum Gasteiger partial charge on any atom is 0.303 e. The second kappa shape index (κ2) is 8.70. The van der Waals surface area contributed by atoms with Crippen LogP contribution in [0.5, 0.6) is 0 Å². The molecule has 9 nitrogen and oxygen atoms in total. The maximum atomic E-state index is 12.4. The van der Waals surface area contributed by atoms with Gasteiger partial charge in [0.2, 0.25) is 0 Å². The summed E-state index contributed by atoms with van der Waals surface area (Å²) in [6.07, 6.45) is -1.09. The molecule has 1 aliphatic carbocycles. The van der Waals surface area contributed by atoms with Gasteiger partial charge < -0.3 is 28.8 Å². The van der Waals surface area contributed by atoms with Gasteiger partial charge in [-0.05, 0) is 32.6 Å². The van der Waals surface area contributed by atoms with Crippen molar-refractivity contribution in [2.45, 2.75) is 116 Å². The largest absolute Gasteiger partial charge is 0.458 e. The van der Waals surface area contributed by atoms with Gasteiger partial charge in [0.15, 0.2) is 17.5 Å². The zero-order valence-electron chi connectivity index (χ0n) is 22.0. The van der Waals surface area contributed by atoms with Crippen LogP contribution in [0.1, 0.15) is 74.7 Å². The van der Waals surface area contributed by atoms with Crippen molar-refractivity contribution in [2.24, 2.45) is 29.6 Å². The lowest BCUT2D eigenvalue weighted by Crippen LogP contribution is -2.69. The molecular formula is C26H40O9. The highest BCUT2D eigenvalue weighted by Gasteiger charge is 2.73. The SMILES string of the molecule is CC(=O)O[C@H]1[C@H](C(C)C)[C@@H]2[C@@H]([C@H]3C[C@H](C)C4(O)CCC(C)(O4)[C@@H]2O3)[C@](C)(OC(C)=O)[C@H]1OC(C)=O. The molecule has 198 valence electrons. The number of hydrogen-bond donors (Lipinski definition) is 1. The minimum Gasteiger partial charge on any atom is -0.458 e. The molecule has 35 heavy (non-hydrogen) atoms. The fraction of sp³-hybridized carbons (Fsp3) is 0.885. The third-order valence-electron chi connectivity index (χ3n) is 8.91. The number of esters is 3. The van der Waals surface area contributed by atoms with Gasteiger partial charge in [0.25, 0.3) is 0 Å². The molecule has 0 amide bonds. The Morgan fingerprint density at radius 1 is 1.00 bits per heavy atom. The molecule has 11 atom stereocenters. The number of ether oxygens (including phenoxy) is 5. The van der Waals surface area contributed by atoms with Crippen LogP contribution in [0.3, 0.4) is 0 Å². The van der Waals surface area contributed by atoms with E-state index in [0.29, 0.717) is 19.3 Å². The molecule has 3 aliphatic heterocycles. The van der Waals surface area contributed by atoms with Crippen molar-refractivity contribution in [2.75, 3.05) is 0 Å². The lowest BCUT2D eigenvalue weighted by Gasteiger charge is -2.55. The Morgan fingerprint density at radius 3 is 2.17 bits per heavy atom. The van der Waals surface area contributed by atoms with Gasteiger partial charge in [0.1, 0.15) is 6.10 Å². The van der Waals surface area contributed by atoms with Gasteiger partial charge in [-0.3, -0.25) is 14.4 Å². The number of aliphatic hydroxyl groups is 1. The average molecular weight is 497 g/mol. The van der Waals surface area contributed by atoms with E-state index in [1.807, 2.05) is 27.7 Å². The van der Waals surface area contributed by atoms with Crippen LogP contribution in [0.25, 0.3) is 0 Å². The minimum atomic E-state index is -1.32. The summed E-state index contributed by atoms with van der Waals surface area (Å²) in [7, 11) is 0. The Balaban J connectivity index is 1.93. The van der Waals surface area contributed by atoms with Crippen molar-refractivity contribution in [1.29, 1.82) is 0 Å². The van der Waals surface area contributed by atoms with E-state index >= 15 is 0 Å². The summed E-state index contributed by atoms with van der Waals surface area (Å²) in [6, 6.07) is 0. The van der Waals surface area contributed by atoms with Gasteiger partial charge in [-0.1, -0.05) is 20.8 Å². The van der Waals surface area contributed by atoms with Gasteiger partial charge in [0.05, 0.1) is 17.8 Å². The molecule has 3 saturated heterocycles. The number of carbonyl (C=O) groups excluding carboxylic acids is 3. The molecule has 0 radical (unpaired) electrons. The molecule has 4 rings (SSSR count). The molecule has 4 aliphatic rings. The Kier molecular flexibility index (Phi) is 6.55. The summed E-state index contributed by atoms with van der Waals surface area (Å²) in [5.74, 6) is -3.95. The first-order valence-electron chi connectivity index (χ1n) is 12.7. The van der Waals surface area contributed by atoms with Crippen molar-refractivity contribution < 1.29 is 43.2 Å². The topological polar surface area (TPSA) is 118 Å². The van der Waals surface area contributed by atoms with Gasteiger partial charge in [-0.25, -0.2) is 0 Å². The quantitative estimate of drug-likeness (QED) is 0.463. The second-order valence-electron chi connectivity index (χ2n) is 11.8. The van der Waals surface area contributed by atoms with E-state index in [4.69, 9.17) is 23.7 Å². The summed E-state index contributed by atoms with van der Waals surface area (Å²) in [5.41, 5.74) is -2.10. The summed E-state index contributed by atoms with van der Waals surface area (Å²) < 4.78 is 30.9. The zero-order chi connectivity index (χ0) is 26.1. The van der Waals surface area contributed by atoms with E-state index in [2.05, 4.69) is 0 Å². The lowest BCUT2D eigenvalue weighted by molar-refractivity contribution is -0.285. The standard InChI is InChI=1S/C26H40O9/c1-12(2)18-19-20(17-11-13(3)26(30)10-9-24(7,35-26)22(19)33-17)25(8,34-16(6)29)23(32-15(5)28)21(18)31-14(4)27/h12-13,17-23,30H,9-11H2,1-8H3/t13-,17+,18+,19+,20+,21-,22+,23-,24?,25-,26?/m0/s1. The molecule has 1 N–H and O–H groups in total. The van der Waals surface area contributed by atoms with E-state index in [1.165, 1.54) is 20.8 Å². The molecule has 0 aromatic carbocycles. The van der Waals surface area contributed by atoms with E-state index < -0.39 is 53.2 Å². The predicted molar refractivity (Wildman–Crippen MR) is 123 cm³/mol. The van der Waals surface area contributed by atoms with E-state index in [0.717, 1.165) is 0 Å². The molecule has 9 heteroatoms. The minimum absolute atomic E-state index is 0.0127. The Bertz CT molecular complexity index is 888. The molecular weight excluding hydrogens is 456 g/mol. The van der Waals surface area contributed by atoms with E-state index in [1.54, 1.807) is 6.92 Å². The normalized spacial score (nSPS) is 48.5. The summed E-state index contributed by atoms with van der Waals surface area (Å²) in [4.78, 5) is 37.0. The lowest BCUT2D eigenvalue weighted by atomic mass is 9.55. The van der Waals surface area contributed by atoms with Crippen molar-refractivity contribution in [3.05, 3.63) is 0 Å². The van der Waals surface area contributed by atoms with Crippen LogP contribution in [-0.2, 0) is 38.1 Å². The molecule has 3 heterocycles. The average Bonchev–Trinajstić information content (AvgIpc) is 3.24. The van der Waals surface area contributed by atoms with E-state index in [9.17, 15) is 19.5 Å². The van der Waals surface area contributed by atoms with Gasteiger partial charge in [0, 0.05) is 50.9 Å². The predicted octanol–water partition coefficient (Wildman–Crippen LogP) is 2.75. The van der Waals surface area contributed by atoms with Gasteiger partial charge >= 0.3 is 17.9 Å². The fourth-order valence-electron chi connectivity index (χ4n) is 7.65. The first kappa shape index (κ1) is 26.4. The van der Waals surface area contributed by atoms with Crippen molar-refractivity contribution in [3.63, 3.8) is 0 Å². The molecule has 0 aromatic rings. The Labute approximate surface area is 207 Å². The second-order valence-corrected chi connectivity index (χ2v) is 11.8. The maximum absolute atomic E-state index is 12.4. The molecule has 0 aromatic heterocycles. The van der Waals surface area contributed by atoms with Crippen molar-refractivity contribution in [1.82, 2.24) is 0 Å². The van der Waals surface area contributed by atoms with Crippen LogP contribution < -0.4 is 0 Å². The van der Waals surface area contributed by atoms with Crippen LogP contribution in [0.4, 0.5) is 0 Å². The Morgan fingerprint density at radius 2 is 1.63 bits per heavy atom. The third-order valence-corrected chi connectivity index (χ3v) is 8.91. The van der Waals surface area contributed by atoms with Gasteiger partial charge in [-0.2, -0.15) is 0 Å². The zero-order valence-corrected chi connectivity index (χ0v) is 22.0. The van der Waals surface area contributed by atoms with Crippen LogP contribution in [0, 0.1) is 29.6 Å². The molecule has 4 fully saturated rings. The van der Waals surface area contributed by atoms with Crippen molar-refractivity contribution >= 4 is 17.9 Å².